The lowest BCUT2D eigenvalue weighted by Crippen LogP contribution is -2.38. The Hall–Kier alpha value is -1.49. The smallest absolute Gasteiger partial charge is 0.220 e. The summed E-state index contributed by atoms with van der Waals surface area (Å²) < 4.78 is 27.4. The fraction of sp³-hybridized carbons (Fsp3) is 0.533. The van der Waals surface area contributed by atoms with Gasteiger partial charge in [0.2, 0.25) is 5.91 Å². The number of nitrogens with one attached hydrogen (secondary N) is 1. The molecule has 0 heterocycles. The van der Waals surface area contributed by atoms with Crippen LogP contribution in [0.15, 0.2) is 18.2 Å². The van der Waals surface area contributed by atoms with Crippen molar-refractivity contribution in [2.24, 2.45) is 11.7 Å². The van der Waals surface area contributed by atoms with E-state index in [1.807, 2.05) is 0 Å². The van der Waals surface area contributed by atoms with Crippen LogP contribution in [0.25, 0.3) is 0 Å². The van der Waals surface area contributed by atoms with Crippen LogP contribution >= 0.6 is 0 Å². The van der Waals surface area contributed by atoms with Gasteiger partial charge in [0.15, 0.2) is 0 Å². The van der Waals surface area contributed by atoms with Crippen molar-refractivity contribution in [3.8, 4) is 0 Å². The molecule has 110 valence electrons. The second-order valence-electron chi connectivity index (χ2n) is 5.47. The van der Waals surface area contributed by atoms with Crippen molar-refractivity contribution in [2.45, 2.75) is 44.7 Å². The zero-order chi connectivity index (χ0) is 14.7. The van der Waals surface area contributed by atoms with Gasteiger partial charge in [0.1, 0.15) is 11.6 Å². The third-order valence-electron chi connectivity index (χ3n) is 4.05. The number of nitrogens with two attached hydrogens (primary N) is 1. The molecule has 0 saturated heterocycles. The van der Waals surface area contributed by atoms with Crippen molar-refractivity contribution in [3.05, 3.63) is 35.4 Å². The molecule has 3 N–H and O–H groups in total. The van der Waals surface area contributed by atoms with Gasteiger partial charge in [-0.25, -0.2) is 8.78 Å². The Labute approximate surface area is 117 Å². The van der Waals surface area contributed by atoms with E-state index in [4.69, 9.17) is 5.73 Å². The number of primary amides is 1. The summed E-state index contributed by atoms with van der Waals surface area (Å²) in [6.07, 6.45) is 3.07. The zero-order valence-electron chi connectivity index (χ0n) is 11.5. The monoisotopic (exact) mass is 282 g/mol. The van der Waals surface area contributed by atoms with Gasteiger partial charge in [0.05, 0.1) is 0 Å². The van der Waals surface area contributed by atoms with Crippen molar-refractivity contribution in [1.29, 1.82) is 0 Å². The van der Waals surface area contributed by atoms with Crippen LogP contribution < -0.4 is 11.1 Å². The molecule has 1 aliphatic rings. The predicted octanol–water partition coefficient (Wildman–Crippen LogP) is 2.66. The van der Waals surface area contributed by atoms with Crippen molar-refractivity contribution in [1.82, 2.24) is 5.32 Å². The quantitative estimate of drug-likeness (QED) is 0.892. The van der Waals surface area contributed by atoms with Crippen LogP contribution in [0.3, 0.4) is 0 Å². The highest BCUT2D eigenvalue weighted by molar-refractivity contribution is 5.76. The normalized spacial score (nSPS) is 24.4. The lowest BCUT2D eigenvalue weighted by Gasteiger charge is -2.30. The van der Waals surface area contributed by atoms with Crippen molar-refractivity contribution in [3.63, 3.8) is 0 Å². The van der Waals surface area contributed by atoms with Crippen LogP contribution in [0.5, 0.6) is 0 Å². The van der Waals surface area contributed by atoms with E-state index in [0.29, 0.717) is 0 Å². The number of hydrogen-bond acceptors (Lipinski definition) is 2. The molecule has 1 aromatic carbocycles. The predicted molar refractivity (Wildman–Crippen MR) is 72.8 cm³/mol. The molecule has 1 fully saturated rings. The van der Waals surface area contributed by atoms with Crippen molar-refractivity contribution >= 4 is 5.91 Å². The van der Waals surface area contributed by atoms with Gasteiger partial charge in [-0.1, -0.05) is 6.07 Å². The van der Waals surface area contributed by atoms with E-state index in [1.54, 1.807) is 6.92 Å². The van der Waals surface area contributed by atoms with E-state index < -0.39 is 17.7 Å². The first-order chi connectivity index (χ1) is 9.49. The molecule has 1 aliphatic carbocycles. The van der Waals surface area contributed by atoms with Crippen LogP contribution in [-0.2, 0) is 4.79 Å². The maximum atomic E-state index is 13.7. The second-order valence-corrected chi connectivity index (χ2v) is 5.47. The molecule has 0 spiro atoms. The number of rotatable bonds is 4. The molecule has 1 amide bonds. The molecule has 3 nitrogen and oxygen atoms in total. The Bertz CT molecular complexity index is 465. The van der Waals surface area contributed by atoms with Crippen LogP contribution in [0, 0.1) is 17.6 Å². The Balaban J connectivity index is 1.96. The van der Waals surface area contributed by atoms with E-state index in [9.17, 15) is 13.6 Å². The van der Waals surface area contributed by atoms with Gasteiger partial charge >= 0.3 is 0 Å². The van der Waals surface area contributed by atoms with Crippen molar-refractivity contribution < 1.29 is 13.6 Å². The molecule has 1 atom stereocenters. The van der Waals surface area contributed by atoms with Gasteiger partial charge in [-0.2, -0.15) is 0 Å². The topological polar surface area (TPSA) is 55.1 Å². The maximum Gasteiger partial charge on any atom is 0.220 e. The van der Waals surface area contributed by atoms with Gasteiger partial charge in [0.25, 0.3) is 0 Å². The molecular formula is C15H20F2N2O. The fourth-order valence-corrected chi connectivity index (χ4v) is 2.91. The molecule has 1 aromatic rings. The second kappa shape index (κ2) is 6.31. The first kappa shape index (κ1) is 14.9. The summed E-state index contributed by atoms with van der Waals surface area (Å²) in [5.41, 5.74) is 5.36. The Morgan fingerprint density at radius 3 is 2.30 bits per heavy atom. The Kier molecular flexibility index (Phi) is 4.70. The molecular weight excluding hydrogens is 262 g/mol. The largest absolute Gasteiger partial charge is 0.369 e. The fourth-order valence-electron chi connectivity index (χ4n) is 2.91. The third kappa shape index (κ3) is 3.33. The molecule has 0 bridgehead atoms. The van der Waals surface area contributed by atoms with Gasteiger partial charge in [-0.15, -0.1) is 0 Å². The van der Waals surface area contributed by atoms with Gasteiger partial charge < -0.3 is 11.1 Å². The van der Waals surface area contributed by atoms with Gasteiger partial charge in [-0.3, -0.25) is 4.79 Å². The lowest BCUT2D eigenvalue weighted by molar-refractivity contribution is -0.122. The van der Waals surface area contributed by atoms with Gasteiger partial charge in [0, 0.05) is 23.6 Å². The van der Waals surface area contributed by atoms with E-state index in [1.165, 1.54) is 18.2 Å². The molecule has 20 heavy (non-hydrogen) atoms. The molecule has 5 heteroatoms. The standard InChI is InChI=1S/C15H20F2N2O/c1-9(14-12(16)3-2-4-13(14)17)19-11-7-5-10(6-8-11)15(18)20/h2-4,9-11,19H,5-8H2,1H3,(H2,18,20). The number of halogens is 2. The summed E-state index contributed by atoms with van der Waals surface area (Å²) in [5, 5.41) is 3.24. The molecule has 2 rings (SSSR count). The minimum absolute atomic E-state index is 0.0615. The van der Waals surface area contributed by atoms with E-state index in [2.05, 4.69) is 5.32 Å². The minimum atomic E-state index is -0.532. The summed E-state index contributed by atoms with van der Waals surface area (Å²) >= 11 is 0. The summed E-state index contributed by atoms with van der Waals surface area (Å²) in [4.78, 5) is 11.1. The zero-order valence-corrected chi connectivity index (χ0v) is 11.5. The number of amides is 1. The minimum Gasteiger partial charge on any atom is -0.369 e. The summed E-state index contributed by atoms with van der Waals surface area (Å²) in [6, 6.07) is 3.66. The van der Waals surface area contributed by atoms with E-state index in [0.717, 1.165) is 25.7 Å². The highest BCUT2D eigenvalue weighted by Crippen LogP contribution is 2.27. The number of carbonyl (C=O) groups is 1. The maximum absolute atomic E-state index is 13.7. The summed E-state index contributed by atoms with van der Waals surface area (Å²) in [5.74, 6) is -1.38. The third-order valence-corrected chi connectivity index (χ3v) is 4.05. The number of benzene rings is 1. The molecule has 0 radical (unpaired) electrons. The highest BCUT2D eigenvalue weighted by atomic mass is 19.1. The van der Waals surface area contributed by atoms with E-state index in [-0.39, 0.29) is 23.4 Å². The summed E-state index contributed by atoms with van der Waals surface area (Å²) in [6.45, 7) is 1.75. The molecule has 1 saturated carbocycles. The van der Waals surface area contributed by atoms with Crippen LogP contribution in [0.4, 0.5) is 8.78 Å². The van der Waals surface area contributed by atoms with Crippen molar-refractivity contribution in [2.75, 3.05) is 0 Å². The Morgan fingerprint density at radius 2 is 1.80 bits per heavy atom. The summed E-state index contributed by atoms with van der Waals surface area (Å²) in [7, 11) is 0. The highest BCUT2D eigenvalue weighted by Gasteiger charge is 2.26. The number of hydrogen-bond donors (Lipinski definition) is 2. The van der Waals surface area contributed by atoms with Gasteiger partial charge in [-0.05, 0) is 44.7 Å². The lowest BCUT2D eigenvalue weighted by atomic mass is 9.85. The van der Waals surface area contributed by atoms with Crippen LogP contribution in [0.1, 0.15) is 44.2 Å². The SMILES string of the molecule is CC(NC1CCC(C(N)=O)CC1)c1c(F)cccc1F. The molecule has 1 unspecified atom stereocenters. The first-order valence-electron chi connectivity index (χ1n) is 6.98. The number of carbonyl (C=O) groups excluding carboxylic acids is 1. The van der Waals surface area contributed by atoms with E-state index >= 15 is 0 Å². The van der Waals surface area contributed by atoms with Crippen LogP contribution in [-0.4, -0.2) is 11.9 Å². The molecule has 0 aromatic heterocycles. The average molecular weight is 282 g/mol. The first-order valence-corrected chi connectivity index (χ1v) is 6.98. The van der Waals surface area contributed by atoms with Crippen LogP contribution in [0.2, 0.25) is 0 Å². The average Bonchev–Trinajstić information content (AvgIpc) is 2.39. The molecule has 0 aliphatic heterocycles. The Morgan fingerprint density at radius 1 is 1.25 bits per heavy atom.